The number of fused-ring (bicyclic) bond motifs is 1. The maximum atomic E-state index is 12.2. The Bertz CT molecular complexity index is 530. The molecular weight excluding hydrogens is 264 g/mol. The first kappa shape index (κ1) is 14.2. The molecule has 21 heavy (non-hydrogen) atoms. The number of hydrogen-bond acceptors (Lipinski definition) is 4. The van der Waals surface area contributed by atoms with Gasteiger partial charge in [0.1, 0.15) is 0 Å². The molecule has 4 heteroatoms. The first-order valence-electron chi connectivity index (χ1n) is 8.04. The zero-order valence-corrected chi connectivity index (χ0v) is 12.7. The Hall–Kier alpha value is -1.71. The molecule has 3 rings (SSSR count). The van der Waals surface area contributed by atoms with Crippen LogP contribution in [0.2, 0.25) is 0 Å². The van der Waals surface area contributed by atoms with Gasteiger partial charge in [0.05, 0.1) is 23.5 Å². The van der Waals surface area contributed by atoms with E-state index in [0.29, 0.717) is 23.9 Å². The van der Waals surface area contributed by atoms with E-state index < -0.39 is 0 Å². The smallest absolute Gasteiger partial charge is 0.340 e. The van der Waals surface area contributed by atoms with Crippen molar-refractivity contribution in [2.75, 3.05) is 23.8 Å². The van der Waals surface area contributed by atoms with Gasteiger partial charge in [-0.25, -0.2) is 4.79 Å². The van der Waals surface area contributed by atoms with E-state index in [4.69, 9.17) is 10.5 Å². The van der Waals surface area contributed by atoms with Crippen molar-refractivity contribution in [1.82, 2.24) is 0 Å². The van der Waals surface area contributed by atoms with Crippen LogP contribution in [-0.4, -0.2) is 25.2 Å². The molecule has 1 aromatic carbocycles. The zero-order valence-electron chi connectivity index (χ0n) is 12.7. The normalized spacial score (nSPS) is 24.7. The van der Waals surface area contributed by atoms with Crippen molar-refractivity contribution in [2.45, 2.75) is 45.1 Å². The van der Waals surface area contributed by atoms with Gasteiger partial charge in [-0.3, -0.25) is 0 Å². The standard InChI is InChI=1S/C17H24N2O2/c1-2-21-17(20)13-8-4-9-14(18)16(13)19-11-5-7-12-6-3-10-15(12)19/h4,8-9,12,15H,2-3,5-7,10-11,18H2,1H3. The van der Waals surface area contributed by atoms with Gasteiger partial charge >= 0.3 is 5.97 Å². The number of para-hydroxylation sites is 1. The minimum absolute atomic E-state index is 0.264. The van der Waals surface area contributed by atoms with Gasteiger partial charge < -0.3 is 15.4 Å². The van der Waals surface area contributed by atoms with Gasteiger partial charge in [-0.2, -0.15) is 0 Å². The van der Waals surface area contributed by atoms with Crippen LogP contribution in [-0.2, 0) is 4.74 Å². The van der Waals surface area contributed by atoms with Gasteiger partial charge in [-0.05, 0) is 50.7 Å². The third kappa shape index (κ3) is 2.59. The number of esters is 1. The monoisotopic (exact) mass is 288 g/mol. The molecule has 1 aliphatic carbocycles. The van der Waals surface area contributed by atoms with Gasteiger partial charge in [0, 0.05) is 12.6 Å². The highest BCUT2D eigenvalue weighted by Crippen LogP contribution is 2.42. The lowest BCUT2D eigenvalue weighted by atomic mass is 9.90. The maximum absolute atomic E-state index is 12.2. The summed E-state index contributed by atoms with van der Waals surface area (Å²) in [5.41, 5.74) is 8.42. The number of nitrogen functional groups attached to an aromatic ring is 1. The van der Waals surface area contributed by atoms with Crippen molar-refractivity contribution in [1.29, 1.82) is 0 Å². The van der Waals surface area contributed by atoms with E-state index in [2.05, 4.69) is 4.90 Å². The third-order valence-electron chi connectivity index (χ3n) is 4.84. The Balaban J connectivity index is 1.98. The number of ether oxygens (including phenoxy) is 1. The largest absolute Gasteiger partial charge is 0.462 e. The van der Waals surface area contributed by atoms with E-state index in [1.54, 1.807) is 0 Å². The van der Waals surface area contributed by atoms with Crippen LogP contribution in [0.25, 0.3) is 0 Å². The van der Waals surface area contributed by atoms with E-state index in [-0.39, 0.29) is 5.97 Å². The highest BCUT2D eigenvalue weighted by atomic mass is 16.5. The van der Waals surface area contributed by atoms with Crippen LogP contribution < -0.4 is 10.6 Å². The van der Waals surface area contributed by atoms with Gasteiger partial charge in [-0.1, -0.05) is 12.5 Å². The molecule has 0 aromatic heterocycles. The second-order valence-electron chi connectivity index (χ2n) is 6.06. The van der Waals surface area contributed by atoms with Crippen molar-refractivity contribution < 1.29 is 9.53 Å². The number of benzene rings is 1. The number of hydrogen-bond donors (Lipinski definition) is 1. The van der Waals surface area contributed by atoms with Gasteiger partial charge in [0.15, 0.2) is 0 Å². The molecular formula is C17H24N2O2. The molecule has 1 aliphatic heterocycles. The van der Waals surface area contributed by atoms with Crippen molar-refractivity contribution in [3.05, 3.63) is 23.8 Å². The molecule has 114 valence electrons. The fourth-order valence-electron chi connectivity index (χ4n) is 3.99. The fourth-order valence-corrected chi connectivity index (χ4v) is 3.99. The maximum Gasteiger partial charge on any atom is 0.340 e. The average molecular weight is 288 g/mol. The first-order valence-corrected chi connectivity index (χ1v) is 8.04. The molecule has 2 atom stereocenters. The number of piperidine rings is 1. The highest BCUT2D eigenvalue weighted by molar-refractivity contribution is 5.99. The van der Waals surface area contributed by atoms with E-state index >= 15 is 0 Å². The molecule has 1 saturated heterocycles. The quantitative estimate of drug-likeness (QED) is 0.685. The zero-order chi connectivity index (χ0) is 14.8. The van der Waals surface area contributed by atoms with Crippen LogP contribution in [0.1, 0.15) is 49.4 Å². The summed E-state index contributed by atoms with van der Waals surface area (Å²) in [6, 6.07) is 6.09. The lowest BCUT2D eigenvalue weighted by molar-refractivity contribution is 0.0527. The Morgan fingerprint density at radius 3 is 2.95 bits per heavy atom. The number of carbonyl (C=O) groups is 1. The van der Waals surface area contributed by atoms with E-state index in [1.807, 2.05) is 25.1 Å². The van der Waals surface area contributed by atoms with Crippen LogP contribution in [0.3, 0.4) is 0 Å². The number of rotatable bonds is 3. The molecule has 2 N–H and O–H groups in total. The third-order valence-corrected chi connectivity index (χ3v) is 4.84. The molecule has 0 bridgehead atoms. The summed E-state index contributed by atoms with van der Waals surface area (Å²) in [5.74, 6) is 0.494. The lowest BCUT2D eigenvalue weighted by Gasteiger charge is -2.40. The van der Waals surface area contributed by atoms with E-state index in [0.717, 1.165) is 18.2 Å². The predicted octanol–water partition coefficient (Wildman–Crippen LogP) is 3.21. The van der Waals surface area contributed by atoms with Gasteiger partial charge in [0.2, 0.25) is 0 Å². The van der Waals surface area contributed by atoms with Crippen LogP contribution in [0, 0.1) is 5.92 Å². The number of nitrogens with zero attached hydrogens (tertiary/aromatic N) is 1. The molecule has 0 spiro atoms. The molecule has 1 saturated carbocycles. The number of carbonyl (C=O) groups excluding carboxylic acids is 1. The molecule has 0 radical (unpaired) electrons. The van der Waals surface area contributed by atoms with Crippen molar-refractivity contribution in [3.63, 3.8) is 0 Å². The van der Waals surface area contributed by atoms with Crippen molar-refractivity contribution >= 4 is 17.3 Å². The predicted molar refractivity (Wildman–Crippen MR) is 84.5 cm³/mol. The summed E-state index contributed by atoms with van der Waals surface area (Å²) in [6.07, 6.45) is 6.29. The highest BCUT2D eigenvalue weighted by Gasteiger charge is 2.37. The Morgan fingerprint density at radius 2 is 2.14 bits per heavy atom. The summed E-state index contributed by atoms with van der Waals surface area (Å²) in [6.45, 7) is 3.21. The first-order chi connectivity index (χ1) is 10.2. The lowest BCUT2D eigenvalue weighted by Crippen LogP contribution is -2.43. The second-order valence-corrected chi connectivity index (χ2v) is 6.06. The molecule has 2 unspecified atom stereocenters. The summed E-state index contributed by atoms with van der Waals surface area (Å²) in [7, 11) is 0. The summed E-state index contributed by atoms with van der Waals surface area (Å²) in [5, 5.41) is 0. The summed E-state index contributed by atoms with van der Waals surface area (Å²) in [4.78, 5) is 14.6. The average Bonchev–Trinajstić information content (AvgIpc) is 2.96. The molecule has 1 aromatic rings. The van der Waals surface area contributed by atoms with Crippen LogP contribution in [0.15, 0.2) is 18.2 Å². The minimum Gasteiger partial charge on any atom is -0.462 e. The van der Waals surface area contributed by atoms with Crippen LogP contribution in [0.5, 0.6) is 0 Å². The second kappa shape index (κ2) is 5.96. The summed E-state index contributed by atoms with van der Waals surface area (Å²) < 4.78 is 5.20. The van der Waals surface area contributed by atoms with E-state index in [9.17, 15) is 4.79 Å². The Morgan fingerprint density at radius 1 is 1.33 bits per heavy atom. The van der Waals surface area contributed by atoms with Crippen LogP contribution >= 0.6 is 0 Å². The topological polar surface area (TPSA) is 55.6 Å². The molecule has 4 nitrogen and oxygen atoms in total. The van der Waals surface area contributed by atoms with Crippen molar-refractivity contribution in [3.8, 4) is 0 Å². The van der Waals surface area contributed by atoms with E-state index in [1.165, 1.54) is 32.1 Å². The SMILES string of the molecule is CCOC(=O)c1cccc(N)c1N1CCCC2CCCC21. The number of nitrogens with two attached hydrogens (primary N) is 1. The Labute approximate surface area is 126 Å². The van der Waals surface area contributed by atoms with Gasteiger partial charge in [0.25, 0.3) is 0 Å². The number of anilines is 2. The molecule has 0 amide bonds. The minimum atomic E-state index is -0.264. The molecule has 1 heterocycles. The molecule has 2 aliphatic rings. The van der Waals surface area contributed by atoms with Gasteiger partial charge in [-0.15, -0.1) is 0 Å². The Kier molecular flexibility index (Phi) is 4.04. The van der Waals surface area contributed by atoms with Crippen molar-refractivity contribution in [2.24, 2.45) is 5.92 Å². The summed E-state index contributed by atoms with van der Waals surface area (Å²) >= 11 is 0. The molecule has 2 fully saturated rings. The van der Waals surface area contributed by atoms with Crippen LogP contribution in [0.4, 0.5) is 11.4 Å². The fraction of sp³-hybridized carbons (Fsp3) is 0.588.